The minimum atomic E-state index is -0.810. The molecule has 3 aromatic rings. The van der Waals surface area contributed by atoms with E-state index in [1.807, 2.05) is 65.6 Å². The largest absolute Gasteiger partial charge is 0.454 e. The third-order valence-electron chi connectivity index (χ3n) is 7.81. The van der Waals surface area contributed by atoms with Crippen molar-refractivity contribution < 1.29 is 23.9 Å². The van der Waals surface area contributed by atoms with Crippen LogP contribution in [-0.2, 0) is 16.1 Å². The van der Waals surface area contributed by atoms with Gasteiger partial charge in [-0.2, -0.15) is 0 Å². The minimum Gasteiger partial charge on any atom is -0.454 e. The average Bonchev–Trinajstić information content (AvgIpc) is 3.55. The number of fused-ring (bicyclic) bond motifs is 1. The smallest absolute Gasteiger partial charge is 0.253 e. The first kappa shape index (κ1) is 26.2. The molecule has 9 nitrogen and oxygen atoms in total. The van der Waals surface area contributed by atoms with Gasteiger partial charge in [-0.1, -0.05) is 40.2 Å². The van der Waals surface area contributed by atoms with Gasteiger partial charge < -0.3 is 29.5 Å². The van der Waals surface area contributed by atoms with Crippen molar-refractivity contribution in [3.8, 4) is 11.5 Å². The van der Waals surface area contributed by atoms with Gasteiger partial charge in [-0.05, 0) is 66.9 Å². The fourth-order valence-electron chi connectivity index (χ4n) is 5.66. The maximum atomic E-state index is 14.0. The van der Waals surface area contributed by atoms with E-state index in [4.69, 9.17) is 9.47 Å². The number of halogens is 1. The summed E-state index contributed by atoms with van der Waals surface area (Å²) in [6, 6.07) is 22.7. The Bertz CT molecular complexity index is 1420. The summed E-state index contributed by atoms with van der Waals surface area (Å²) in [5.41, 5.74) is 1.62. The van der Waals surface area contributed by atoms with Crippen molar-refractivity contribution in [2.45, 2.75) is 24.9 Å². The standard InChI is InChI=1S/C30H29BrN4O5/c31-23-9-7-22(8-10-23)28(37)33-14-12-30(13-15-33)29(38)34(19-35(30)24-4-2-1-3-5-24)18-27(36)32-17-21-6-11-25-26(16-21)40-20-39-25/h1-11,16H,12-15,17-20H2,(H,32,36). The lowest BCUT2D eigenvalue weighted by molar-refractivity contribution is -0.137. The number of hydrogen-bond acceptors (Lipinski definition) is 6. The maximum Gasteiger partial charge on any atom is 0.253 e. The molecule has 10 heteroatoms. The summed E-state index contributed by atoms with van der Waals surface area (Å²) in [7, 11) is 0. The van der Waals surface area contributed by atoms with Crippen molar-refractivity contribution in [1.29, 1.82) is 0 Å². The summed E-state index contributed by atoms with van der Waals surface area (Å²) in [6.45, 7) is 1.68. The molecule has 0 bridgehead atoms. The van der Waals surface area contributed by atoms with Crippen LogP contribution in [0.15, 0.2) is 77.3 Å². The highest BCUT2D eigenvalue weighted by Gasteiger charge is 2.54. The Morgan fingerprint density at radius 1 is 0.925 bits per heavy atom. The molecule has 3 amide bonds. The van der Waals surface area contributed by atoms with Gasteiger partial charge in [0.2, 0.25) is 12.7 Å². The van der Waals surface area contributed by atoms with Crippen LogP contribution in [0.2, 0.25) is 0 Å². The van der Waals surface area contributed by atoms with Gasteiger partial charge in [-0.15, -0.1) is 0 Å². The molecule has 0 aliphatic carbocycles. The number of rotatable bonds is 6. The fraction of sp³-hybridized carbons (Fsp3) is 0.300. The first-order valence-corrected chi connectivity index (χ1v) is 14.0. The summed E-state index contributed by atoms with van der Waals surface area (Å²) >= 11 is 3.41. The van der Waals surface area contributed by atoms with E-state index < -0.39 is 5.54 Å². The lowest BCUT2D eigenvalue weighted by Crippen LogP contribution is -2.57. The highest BCUT2D eigenvalue weighted by atomic mass is 79.9. The van der Waals surface area contributed by atoms with Crippen molar-refractivity contribution in [2.24, 2.45) is 0 Å². The van der Waals surface area contributed by atoms with Gasteiger partial charge in [0.1, 0.15) is 12.1 Å². The molecule has 3 aromatic carbocycles. The van der Waals surface area contributed by atoms with E-state index in [0.29, 0.717) is 56.2 Å². The second-order valence-electron chi connectivity index (χ2n) is 10.2. The van der Waals surface area contributed by atoms with Crippen LogP contribution in [0.4, 0.5) is 5.69 Å². The Labute approximate surface area is 240 Å². The molecule has 2 saturated heterocycles. The van der Waals surface area contributed by atoms with Crippen LogP contribution in [0, 0.1) is 0 Å². The number of benzene rings is 3. The number of nitrogens with zero attached hydrogens (tertiary/aromatic N) is 3. The number of carbonyl (C=O) groups excluding carboxylic acids is 3. The summed E-state index contributed by atoms with van der Waals surface area (Å²) in [5.74, 6) is 0.989. The molecule has 3 aliphatic rings. The number of ether oxygens (including phenoxy) is 2. The molecule has 6 rings (SSSR count). The quantitative estimate of drug-likeness (QED) is 0.460. The summed E-state index contributed by atoms with van der Waals surface area (Å²) in [5, 5.41) is 2.92. The number of hydrogen-bond donors (Lipinski definition) is 1. The fourth-order valence-corrected chi connectivity index (χ4v) is 5.92. The number of piperidine rings is 1. The third-order valence-corrected chi connectivity index (χ3v) is 8.34. The summed E-state index contributed by atoms with van der Waals surface area (Å²) in [4.78, 5) is 45.6. The molecule has 206 valence electrons. The summed E-state index contributed by atoms with van der Waals surface area (Å²) < 4.78 is 11.7. The van der Waals surface area contributed by atoms with Gasteiger partial charge in [0.05, 0.1) is 6.67 Å². The molecule has 0 atom stereocenters. The maximum absolute atomic E-state index is 14.0. The Hall–Kier alpha value is -4.05. The number of likely N-dealkylation sites (tertiary alicyclic amines) is 1. The zero-order valence-corrected chi connectivity index (χ0v) is 23.4. The molecule has 1 spiro atoms. The number of anilines is 1. The Morgan fingerprint density at radius 3 is 2.40 bits per heavy atom. The first-order valence-electron chi connectivity index (χ1n) is 13.3. The molecule has 40 heavy (non-hydrogen) atoms. The van der Waals surface area contributed by atoms with Crippen LogP contribution in [0.1, 0.15) is 28.8 Å². The van der Waals surface area contributed by atoms with Crippen molar-refractivity contribution in [3.05, 3.63) is 88.4 Å². The van der Waals surface area contributed by atoms with Crippen LogP contribution < -0.4 is 19.7 Å². The Morgan fingerprint density at radius 2 is 1.65 bits per heavy atom. The SMILES string of the molecule is O=C(CN1CN(c2ccccc2)C2(CCN(C(=O)c3ccc(Br)cc3)CC2)C1=O)NCc1ccc2c(c1)OCO2. The highest BCUT2D eigenvalue weighted by molar-refractivity contribution is 9.10. The van der Waals surface area contributed by atoms with Crippen LogP contribution in [0.3, 0.4) is 0 Å². The van der Waals surface area contributed by atoms with Crippen LogP contribution in [0.25, 0.3) is 0 Å². The molecule has 2 fully saturated rings. The lowest BCUT2D eigenvalue weighted by Gasteiger charge is -2.43. The molecule has 0 unspecified atom stereocenters. The van der Waals surface area contributed by atoms with Crippen LogP contribution >= 0.6 is 15.9 Å². The Kier molecular flexibility index (Phi) is 7.10. The molecule has 0 radical (unpaired) electrons. The van der Waals surface area contributed by atoms with Crippen LogP contribution in [-0.4, -0.2) is 66.2 Å². The first-order chi connectivity index (χ1) is 19.4. The monoisotopic (exact) mass is 604 g/mol. The van der Waals surface area contributed by atoms with Crippen LogP contribution in [0.5, 0.6) is 11.5 Å². The topological polar surface area (TPSA) is 91.4 Å². The second kappa shape index (κ2) is 10.8. The molecule has 3 heterocycles. The molecule has 0 saturated carbocycles. The van der Waals surface area contributed by atoms with Gasteiger partial charge >= 0.3 is 0 Å². The Balaban J connectivity index is 1.14. The van der Waals surface area contributed by atoms with Gasteiger partial charge in [0, 0.05) is 35.4 Å². The lowest BCUT2D eigenvalue weighted by atomic mass is 9.85. The van der Waals surface area contributed by atoms with Crippen molar-refractivity contribution in [1.82, 2.24) is 15.1 Å². The van der Waals surface area contributed by atoms with E-state index in [2.05, 4.69) is 26.1 Å². The summed E-state index contributed by atoms with van der Waals surface area (Å²) in [6.07, 6.45) is 0.969. The van der Waals surface area contributed by atoms with E-state index in [-0.39, 0.29) is 31.1 Å². The van der Waals surface area contributed by atoms with E-state index in [1.54, 1.807) is 17.0 Å². The zero-order chi connectivity index (χ0) is 27.7. The highest BCUT2D eigenvalue weighted by Crippen LogP contribution is 2.39. The third kappa shape index (κ3) is 4.99. The van der Waals surface area contributed by atoms with Crippen molar-refractivity contribution in [2.75, 3.05) is 38.0 Å². The molecular formula is C30H29BrN4O5. The van der Waals surface area contributed by atoms with Crippen molar-refractivity contribution >= 4 is 39.3 Å². The van der Waals surface area contributed by atoms with Crippen molar-refractivity contribution in [3.63, 3.8) is 0 Å². The van der Waals surface area contributed by atoms with E-state index in [1.165, 1.54) is 0 Å². The number of carbonyl (C=O) groups is 3. The minimum absolute atomic E-state index is 0.0428. The molecule has 3 aliphatic heterocycles. The normalized spacial score (nSPS) is 17.4. The number of amides is 3. The second-order valence-corrected chi connectivity index (χ2v) is 11.1. The van der Waals surface area contributed by atoms with E-state index in [0.717, 1.165) is 15.7 Å². The number of para-hydroxylation sites is 1. The molecule has 0 aromatic heterocycles. The molecule has 1 N–H and O–H groups in total. The number of nitrogens with one attached hydrogen (secondary N) is 1. The predicted molar refractivity (Wildman–Crippen MR) is 152 cm³/mol. The molecular weight excluding hydrogens is 576 g/mol. The average molecular weight is 605 g/mol. The van der Waals surface area contributed by atoms with Gasteiger partial charge in [-0.3, -0.25) is 14.4 Å². The van der Waals surface area contributed by atoms with Gasteiger partial charge in [0.25, 0.3) is 11.8 Å². The van der Waals surface area contributed by atoms with Gasteiger partial charge in [-0.25, -0.2) is 0 Å². The van der Waals surface area contributed by atoms with E-state index in [9.17, 15) is 14.4 Å². The van der Waals surface area contributed by atoms with Gasteiger partial charge in [0.15, 0.2) is 11.5 Å². The zero-order valence-electron chi connectivity index (χ0n) is 21.8. The van der Waals surface area contributed by atoms with E-state index >= 15 is 0 Å². The predicted octanol–water partition coefficient (Wildman–Crippen LogP) is 3.78.